The molecule has 0 saturated carbocycles. The summed E-state index contributed by atoms with van der Waals surface area (Å²) in [5.74, 6) is -0.866. The maximum Gasteiger partial charge on any atom is 0.408 e. The molecule has 28 heavy (non-hydrogen) atoms. The minimum atomic E-state index is -0.802. The van der Waals surface area contributed by atoms with E-state index in [1.165, 1.54) is 6.08 Å². The summed E-state index contributed by atoms with van der Waals surface area (Å²) < 4.78 is 10.0. The maximum absolute atomic E-state index is 12.5. The van der Waals surface area contributed by atoms with Crippen LogP contribution in [-0.2, 0) is 25.5 Å². The molecule has 0 aliphatic rings. The van der Waals surface area contributed by atoms with E-state index in [9.17, 15) is 14.4 Å². The number of benzene rings is 1. The number of carbonyl (C=O) groups is 3. The van der Waals surface area contributed by atoms with Crippen molar-refractivity contribution in [1.82, 2.24) is 10.6 Å². The highest BCUT2D eigenvalue weighted by Crippen LogP contribution is 2.07. The van der Waals surface area contributed by atoms with E-state index in [0.717, 1.165) is 5.56 Å². The molecule has 1 aromatic rings. The second kappa shape index (κ2) is 11.1. The molecule has 1 aromatic carbocycles. The Balaban J connectivity index is 2.76. The Morgan fingerprint density at radius 3 is 2.32 bits per heavy atom. The molecule has 0 aromatic heterocycles. The Morgan fingerprint density at radius 1 is 1.11 bits per heavy atom. The van der Waals surface area contributed by atoms with Crippen LogP contribution in [0.15, 0.2) is 42.5 Å². The number of esters is 1. The highest BCUT2D eigenvalue weighted by molar-refractivity contribution is 5.86. The van der Waals surface area contributed by atoms with Gasteiger partial charge in [0.05, 0.1) is 12.6 Å². The highest BCUT2D eigenvalue weighted by Gasteiger charge is 2.22. The van der Waals surface area contributed by atoms with Gasteiger partial charge in [-0.1, -0.05) is 36.4 Å². The third kappa shape index (κ3) is 9.75. The summed E-state index contributed by atoms with van der Waals surface area (Å²) in [6, 6.07) is 8.32. The number of amides is 2. The summed E-state index contributed by atoms with van der Waals surface area (Å²) >= 11 is 0. The predicted octanol–water partition coefficient (Wildman–Crippen LogP) is 2.75. The fraction of sp³-hybridized carbons (Fsp3) is 0.476. The molecule has 0 unspecified atom stereocenters. The molecule has 7 nitrogen and oxygen atoms in total. The molecule has 2 atom stereocenters. The molecule has 154 valence electrons. The van der Waals surface area contributed by atoms with Gasteiger partial charge in [-0.05, 0) is 46.6 Å². The van der Waals surface area contributed by atoms with Crippen molar-refractivity contribution in [2.24, 2.45) is 0 Å². The van der Waals surface area contributed by atoms with Crippen LogP contribution in [0.2, 0.25) is 0 Å². The molecule has 0 aliphatic carbocycles. The fourth-order valence-electron chi connectivity index (χ4n) is 2.28. The van der Waals surface area contributed by atoms with Gasteiger partial charge >= 0.3 is 12.1 Å². The second-order valence-electron chi connectivity index (χ2n) is 7.28. The minimum absolute atomic E-state index is 0.274. The smallest absolute Gasteiger partial charge is 0.408 e. The van der Waals surface area contributed by atoms with Gasteiger partial charge in [-0.25, -0.2) is 9.59 Å². The van der Waals surface area contributed by atoms with Crippen LogP contribution >= 0.6 is 0 Å². The van der Waals surface area contributed by atoms with E-state index < -0.39 is 29.7 Å². The third-order valence-corrected chi connectivity index (χ3v) is 3.50. The lowest BCUT2D eigenvalue weighted by molar-refractivity contribution is -0.137. The van der Waals surface area contributed by atoms with E-state index >= 15 is 0 Å². The first-order chi connectivity index (χ1) is 13.1. The summed E-state index contributed by atoms with van der Waals surface area (Å²) in [5, 5.41) is 5.33. The van der Waals surface area contributed by atoms with Crippen LogP contribution in [0.3, 0.4) is 0 Å². The molecular formula is C21H30N2O5. The van der Waals surface area contributed by atoms with Crippen LogP contribution in [0.25, 0.3) is 0 Å². The molecule has 2 amide bonds. The normalized spacial score (nSPS) is 13.5. The van der Waals surface area contributed by atoms with Crippen LogP contribution in [0.5, 0.6) is 0 Å². The average molecular weight is 390 g/mol. The third-order valence-electron chi connectivity index (χ3n) is 3.50. The van der Waals surface area contributed by atoms with E-state index in [4.69, 9.17) is 9.47 Å². The fourth-order valence-corrected chi connectivity index (χ4v) is 2.28. The summed E-state index contributed by atoms with van der Waals surface area (Å²) in [7, 11) is 0. The molecule has 0 radical (unpaired) electrons. The SMILES string of the molecule is CCOC(=O)/C=C/[C@H](Cc1ccccc1)NC(=O)[C@H](C)NC(=O)OC(C)(C)C. The van der Waals surface area contributed by atoms with E-state index in [-0.39, 0.29) is 12.5 Å². The predicted molar refractivity (Wildman–Crippen MR) is 107 cm³/mol. The van der Waals surface area contributed by atoms with Gasteiger partial charge in [-0.15, -0.1) is 0 Å². The molecule has 0 spiro atoms. The summed E-state index contributed by atoms with van der Waals surface area (Å²) in [6.45, 7) is 8.79. The van der Waals surface area contributed by atoms with Crippen molar-refractivity contribution in [2.45, 2.75) is 58.7 Å². The Labute approximate surface area is 166 Å². The molecule has 0 heterocycles. The molecule has 2 N–H and O–H groups in total. The lowest BCUT2D eigenvalue weighted by atomic mass is 10.0. The van der Waals surface area contributed by atoms with Gasteiger partial charge in [0.15, 0.2) is 0 Å². The van der Waals surface area contributed by atoms with Crippen molar-refractivity contribution < 1.29 is 23.9 Å². The van der Waals surface area contributed by atoms with Gasteiger partial charge in [0.2, 0.25) is 5.91 Å². The van der Waals surface area contributed by atoms with Gasteiger partial charge in [-0.2, -0.15) is 0 Å². The number of alkyl carbamates (subject to hydrolysis) is 1. The van der Waals surface area contributed by atoms with Gasteiger partial charge in [0.25, 0.3) is 0 Å². The largest absolute Gasteiger partial charge is 0.463 e. The van der Waals surface area contributed by atoms with Crippen LogP contribution in [0, 0.1) is 0 Å². The van der Waals surface area contributed by atoms with Crippen molar-refractivity contribution in [3.63, 3.8) is 0 Å². The lowest BCUT2D eigenvalue weighted by Crippen LogP contribution is -2.49. The van der Waals surface area contributed by atoms with Crippen molar-refractivity contribution >= 4 is 18.0 Å². The zero-order valence-corrected chi connectivity index (χ0v) is 17.2. The van der Waals surface area contributed by atoms with E-state index in [1.807, 2.05) is 30.3 Å². The van der Waals surface area contributed by atoms with Crippen LogP contribution in [0.1, 0.15) is 40.2 Å². The molecular weight excluding hydrogens is 360 g/mol. The van der Waals surface area contributed by atoms with E-state index in [1.54, 1.807) is 40.7 Å². The molecule has 0 fully saturated rings. The number of hydrogen-bond donors (Lipinski definition) is 2. The van der Waals surface area contributed by atoms with Gasteiger partial charge < -0.3 is 20.1 Å². The zero-order valence-electron chi connectivity index (χ0n) is 17.2. The van der Waals surface area contributed by atoms with Crippen molar-refractivity contribution in [3.8, 4) is 0 Å². The number of nitrogens with one attached hydrogen (secondary N) is 2. The van der Waals surface area contributed by atoms with Crippen LogP contribution in [-0.4, -0.2) is 42.3 Å². The topological polar surface area (TPSA) is 93.7 Å². The standard InChI is InChI=1S/C21H30N2O5/c1-6-27-18(24)13-12-17(14-16-10-8-7-9-11-16)23-19(25)15(2)22-20(26)28-21(3,4)5/h7-13,15,17H,6,14H2,1-5H3,(H,22,26)(H,23,25)/b13-12+/t15-,17+/m0/s1. The monoisotopic (exact) mass is 390 g/mol. The molecule has 0 bridgehead atoms. The van der Waals surface area contributed by atoms with E-state index in [0.29, 0.717) is 6.42 Å². The lowest BCUT2D eigenvalue weighted by Gasteiger charge is -2.23. The molecule has 7 heteroatoms. The summed E-state index contributed by atoms with van der Waals surface area (Å²) in [5.41, 5.74) is 0.340. The number of hydrogen-bond acceptors (Lipinski definition) is 5. The van der Waals surface area contributed by atoms with Crippen molar-refractivity contribution in [3.05, 3.63) is 48.0 Å². The maximum atomic E-state index is 12.5. The molecule has 0 saturated heterocycles. The second-order valence-corrected chi connectivity index (χ2v) is 7.28. The van der Waals surface area contributed by atoms with Crippen LogP contribution < -0.4 is 10.6 Å². The van der Waals surface area contributed by atoms with Gasteiger partial charge in [0, 0.05) is 6.08 Å². The Kier molecular flexibility index (Phi) is 9.21. The Bertz CT molecular complexity index is 680. The minimum Gasteiger partial charge on any atom is -0.463 e. The highest BCUT2D eigenvalue weighted by atomic mass is 16.6. The summed E-state index contributed by atoms with van der Waals surface area (Å²) in [4.78, 5) is 35.9. The first-order valence-electron chi connectivity index (χ1n) is 9.29. The Morgan fingerprint density at radius 2 is 1.75 bits per heavy atom. The van der Waals surface area contributed by atoms with E-state index in [2.05, 4.69) is 10.6 Å². The summed E-state index contributed by atoms with van der Waals surface area (Å²) in [6.07, 6.45) is 2.70. The number of rotatable bonds is 8. The van der Waals surface area contributed by atoms with Crippen molar-refractivity contribution in [2.75, 3.05) is 6.61 Å². The average Bonchev–Trinajstić information content (AvgIpc) is 2.59. The number of carbonyl (C=O) groups excluding carboxylic acids is 3. The van der Waals surface area contributed by atoms with Crippen molar-refractivity contribution in [1.29, 1.82) is 0 Å². The Hall–Kier alpha value is -2.83. The zero-order chi connectivity index (χ0) is 21.2. The molecule has 1 rings (SSSR count). The molecule has 0 aliphatic heterocycles. The van der Waals surface area contributed by atoms with Gasteiger partial charge in [-0.3, -0.25) is 4.79 Å². The van der Waals surface area contributed by atoms with Gasteiger partial charge in [0.1, 0.15) is 11.6 Å². The quantitative estimate of drug-likeness (QED) is 0.526. The number of ether oxygens (including phenoxy) is 2. The van der Waals surface area contributed by atoms with Crippen LogP contribution in [0.4, 0.5) is 4.79 Å². The first-order valence-corrected chi connectivity index (χ1v) is 9.29. The first kappa shape index (κ1) is 23.2.